The molecule has 108 valence electrons. The minimum absolute atomic E-state index is 0.0609. The van der Waals surface area contributed by atoms with Crippen LogP contribution in [0.1, 0.15) is 11.7 Å². The van der Waals surface area contributed by atoms with E-state index < -0.39 is 24.9 Å². The molecule has 0 spiro atoms. The fraction of sp³-hybridized carbons (Fsp3) is 0.538. The van der Waals surface area contributed by atoms with Crippen molar-refractivity contribution in [1.82, 2.24) is 4.90 Å². The molecule has 1 aromatic rings. The zero-order valence-electron chi connectivity index (χ0n) is 10.7. The van der Waals surface area contributed by atoms with E-state index in [0.717, 1.165) is 0 Å². The third-order valence-corrected chi connectivity index (χ3v) is 2.70. The summed E-state index contributed by atoms with van der Waals surface area (Å²) in [5.74, 6) is -0.543. The lowest BCUT2D eigenvalue weighted by molar-refractivity contribution is 0.0397. The summed E-state index contributed by atoms with van der Waals surface area (Å²) in [7, 11) is 1.47. The number of aliphatic hydroxyl groups is 1. The van der Waals surface area contributed by atoms with Crippen LogP contribution in [0.4, 0.5) is 13.2 Å². The Labute approximate surface area is 110 Å². The zero-order chi connectivity index (χ0) is 14.3. The first-order chi connectivity index (χ1) is 9.04. The van der Waals surface area contributed by atoms with Gasteiger partial charge in [0.25, 0.3) is 6.43 Å². The number of rotatable bonds is 8. The minimum Gasteiger partial charge on any atom is -0.387 e. The van der Waals surface area contributed by atoms with Gasteiger partial charge in [-0.25, -0.2) is 13.2 Å². The van der Waals surface area contributed by atoms with E-state index in [1.807, 2.05) is 0 Å². The lowest BCUT2D eigenvalue weighted by Crippen LogP contribution is -2.35. The van der Waals surface area contributed by atoms with Crippen LogP contribution < -0.4 is 0 Å². The summed E-state index contributed by atoms with van der Waals surface area (Å²) in [5, 5.41) is 9.92. The zero-order valence-corrected chi connectivity index (χ0v) is 10.7. The molecule has 1 atom stereocenters. The van der Waals surface area contributed by atoms with Crippen LogP contribution >= 0.6 is 0 Å². The Bertz CT molecular complexity index is 377. The molecule has 1 aromatic carbocycles. The Morgan fingerprint density at radius 2 is 1.95 bits per heavy atom. The van der Waals surface area contributed by atoms with Gasteiger partial charge in [-0.3, -0.25) is 4.90 Å². The summed E-state index contributed by atoms with van der Waals surface area (Å²) < 4.78 is 43.1. The van der Waals surface area contributed by atoms with Crippen molar-refractivity contribution in [2.45, 2.75) is 12.5 Å². The van der Waals surface area contributed by atoms with Crippen LogP contribution in [0.2, 0.25) is 0 Å². The maximum absolute atomic E-state index is 13.5. The molecule has 0 fully saturated rings. The van der Waals surface area contributed by atoms with Crippen molar-refractivity contribution in [2.75, 3.05) is 33.4 Å². The number of benzene rings is 1. The predicted molar refractivity (Wildman–Crippen MR) is 65.7 cm³/mol. The Balaban J connectivity index is 2.64. The summed E-state index contributed by atoms with van der Waals surface area (Å²) in [4.78, 5) is 1.35. The van der Waals surface area contributed by atoms with E-state index in [2.05, 4.69) is 0 Å². The SMILES string of the molecule is COCCN(CC(F)F)CC(O)c1ccccc1F. The average Bonchev–Trinajstić information content (AvgIpc) is 2.35. The Morgan fingerprint density at radius 3 is 2.53 bits per heavy atom. The van der Waals surface area contributed by atoms with E-state index in [0.29, 0.717) is 0 Å². The first kappa shape index (κ1) is 15.9. The monoisotopic (exact) mass is 277 g/mol. The van der Waals surface area contributed by atoms with Crippen LogP contribution in [-0.4, -0.2) is 49.8 Å². The highest BCUT2D eigenvalue weighted by Crippen LogP contribution is 2.18. The number of methoxy groups -OCH3 is 1. The molecule has 6 heteroatoms. The number of hydrogen-bond acceptors (Lipinski definition) is 3. The highest BCUT2D eigenvalue weighted by atomic mass is 19.3. The van der Waals surface area contributed by atoms with Crippen molar-refractivity contribution < 1.29 is 23.0 Å². The molecule has 3 nitrogen and oxygen atoms in total. The van der Waals surface area contributed by atoms with E-state index in [4.69, 9.17) is 4.74 Å². The quantitative estimate of drug-likeness (QED) is 0.789. The van der Waals surface area contributed by atoms with E-state index in [1.165, 1.54) is 30.2 Å². The molecule has 19 heavy (non-hydrogen) atoms. The second kappa shape index (κ2) is 8.14. The van der Waals surface area contributed by atoms with Crippen LogP contribution in [0, 0.1) is 5.82 Å². The number of aliphatic hydroxyl groups excluding tert-OH is 1. The van der Waals surface area contributed by atoms with Crippen molar-refractivity contribution in [2.24, 2.45) is 0 Å². The van der Waals surface area contributed by atoms with Gasteiger partial charge in [0.2, 0.25) is 0 Å². The number of hydrogen-bond donors (Lipinski definition) is 1. The number of nitrogens with zero attached hydrogens (tertiary/aromatic N) is 1. The molecule has 0 amide bonds. The summed E-state index contributed by atoms with van der Waals surface area (Å²) >= 11 is 0. The summed E-state index contributed by atoms with van der Waals surface area (Å²) in [5.41, 5.74) is 0.110. The summed E-state index contributed by atoms with van der Waals surface area (Å²) in [6.07, 6.45) is -3.65. The highest BCUT2D eigenvalue weighted by molar-refractivity contribution is 5.20. The molecule has 0 saturated heterocycles. The first-order valence-electron chi connectivity index (χ1n) is 5.96. The minimum atomic E-state index is -2.51. The average molecular weight is 277 g/mol. The first-order valence-corrected chi connectivity index (χ1v) is 5.96. The van der Waals surface area contributed by atoms with Crippen molar-refractivity contribution in [3.8, 4) is 0 Å². The topological polar surface area (TPSA) is 32.7 Å². The van der Waals surface area contributed by atoms with Crippen molar-refractivity contribution in [3.05, 3.63) is 35.6 Å². The van der Waals surface area contributed by atoms with Gasteiger partial charge < -0.3 is 9.84 Å². The number of ether oxygens (including phenoxy) is 1. The Morgan fingerprint density at radius 1 is 1.26 bits per heavy atom. The fourth-order valence-electron chi connectivity index (χ4n) is 1.76. The molecule has 0 saturated carbocycles. The molecule has 1 rings (SSSR count). The van der Waals surface area contributed by atoms with E-state index in [-0.39, 0.29) is 25.3 Å². The molecular weight excluding hydrogens is 259 g/mol. The molecule has 1 unspecified atom stereocenters. The molecule has 0 heterocycles. The highest BCUT2D eigenvalue weighted by Gasteiger charge is 2.19. The van der Waals surface area contributed by atoms with Gasteiger partial charge in [0.15, 0.2) is 0 Å². The van der Waals surface area contributed by atoms with Crippen LogP contribution in [-0.2, 0) is 4.74 Å². The lowest BCUT2D eigenvalue weighted by atomic mass is 10.1. The third kappa shape index (κ3) is 5.59. The van der Waals surface area contributed by atoms with Gasteiger partial charge in [0, 0.05) is 25.8 Å². The maximum atomic E-state index is 13.5. The standard InChI is InChI=1S/C13H18F3NO2/c1-19-7-6-17(9-13(15)16)8-12(18)10-4-2-3-5-11(10)14/h2-5,12-13,18H,6-9H2,1H3. The van der Waals surface area contributed by atoms with Gasteiger partial charge in [0.1, 0.15) is 5.82 Å². The Kier molecular flexibility index (Phi) is 6.83. The van der Waals surface area contributed by atoms with Crippen molar-refractivity contribution in [3.63, 3.8) is 0 Å². The third-order valence-electron chi connectivity index (χ3n) is 2.70. The molecular formula is C13H18F3NO2. The van der Waals surface area contributed by atoms with Crippen LogP contribution in [0.3, 0.4) is 0 Å². The fourth-order valence-corrected chi connectivity index (χ4v) is 1.76. The van der Waals surface area contributed by atoms with Crippen molar-refractivity contribution >= 4 is 0 Å². The van der Waals surface area contributed by atoms with E-state index in [1.54, 1.807) is 6.07 Å². The molecule has 0 radical (unpaired) electrons. The molecule has 0 aliphatic heterocycles. The van der Waals surface area contributed by atoms with Gasteiger partial charge >= 0.3 is 0 Å². The number of halogens is 3. The van der Waals surface area contributed by atoms with Gasteiger partial charge in [-0.15, -0.1) is 0 Å². The number of alkyl halides is 2. The molecule has 0 aliphatic rings. The summed E-state index contributed by atoms with van der Waals surface area (Å²) in [6, 6.07) is 5.77. The van der Waals surface area contributed by atoms with Gasteiger partial charge in [-0.1, -0.05) is 18.2 Å². The second-order valence-electron chi connectivity index (χ2n) is 4.18. The maximum Gasteiger partial charge on any atom is 0.251 e. The molecule has 0 bridgehead atoms. The Hall–Kier alpha value is -1.11. The van der Waals surface area contributed by atoms with Crippen LogP contribution in [0.5, 0.6) is 0 Å². The van der Waals surface area contributed by atoms with Gasteiger partial charge in [0.05, 0.1) is 19.3 Å². The molecule has 1 N–H and O–H groups in total. The lowest BCUT2D eigenvalue weighted by Gasteiger charge is -2.24. The largest absolute Gasteiger partial charge is 0.387 e. The predicted octanol–water partition coefficient (Wildman–Crippen LogP) is 2.07. The van der Waals surface area contributed by atoms with Crippen LogP contribution in [0.25, 0.3) is 0 Å². The molecule has 0 aliphatic carbocycles. The van der Waals surface area contributed by atoms with Gasteiger partial charge in [-0.05, 0) is 6.07 Å². The summed E-state index contributed by atoms with van der Waals surface area (Å²) in [6.45, 7) is -0.00737. The second-order valence-corrected chi connectivity index (χ2v) is 4.18. The normalized spacial score (nSPS) is 13.2. The van der Waals surface area contributed by atoms with Crippen LogP contribution in [0.15, 0.2) is 24.3 Å². The molecule has 0 aromatic heterocycles. The van der Waals surface area contributed by atoms with E-state index in [9.17, 15) is 18.3 Å². The van der Waals surface area contributed by atoms with Gasteiger partial charge in [-0.2, -0.15) is 0 Å². The van der Waals surface area contributed by atoms with E-state index >= 15 is 0 Å². The van der Waals surface area contributed by atoms with Crippen molar-refractivity contribution in [1.29, 1.82) is 0 Å². The smallest absolute Gasteiger partial charge is 0.251 e.